The second-order valence-electron chi connectivity index (χ2n) is 4.64. The van der Waals surface area contributed by atoms with Crippen LogP contribution >= 0.6 is 0 Å². The molecule has 0 N–H and O–H groups in total. The van der Waals surface area contributed by atoms with Crippen LogP contribution in [0.15, 0.2) is 24.3 Å². The number of rotatable bonds is 2. The minimum atomic E-state index is 0.541. The van der Waals surface area contributed by atoms with Crippen molar-refractivity contribution in [3.05, 3.63) is 48.7 Å². The Morgan fingerprint density at radius 2 is 2.06 bits per heavy atom. The number of hydrogen-bond donors (Lipinski definition) is 0. The van der Waals surface area contributed by atoms with Crippen molar-refractivity contribution in [2.24, 2.45) is 11.8 Å². The van der Waals surface area contributed by atoms with Crippen LogP contribution in [0.2, 0.25) is 0 Å². The number of hydrogen-bond acceptors (Lipinski definition) is 1. The van der Waals surface area contributed by atoms with Gasteiger partial charge >= 0.3 is 0 Å². The molecule has 1 nitrogen and oxygen atoms in total. The smallest absolute Gasteiger partial charge is 0.0991 e. The lowest BCUT2D eigenvalue weighted by Gasteiger charge is -2.19. The van der Waals surface area contributed by atoms with Crippen LogP contribution in [0.3, 0.4) is 0 Å². The van der Waals surface area contributed by atoms with Crippen molar-refractivity contribution in [3.63, 3.8) is 0 Å². The molecule has 1 aromatic rings. The van der Waals surface area contributed by atoms with E-state index < -0.39 is 0 Å². The van der Waals surface area contributed by atoms with Crippen LogP contribution in [-0.2, 0) is 0 Å². The van der Waals surface area contributed by atoms with Crippen molar-refractivity contribution in [1.29, 1.82) is 5.26 Å². The Bertz CT molecular complexity index is 385. The van der Waals surface area contributed by atoms with Crippen molar-refractivity contribution in [2.45, 2.75) is 25.7 Å². The van der Waals surface area contributed by atoms with Crippen LogP contribution < -0.4 is 0 Å². The fourth-order valence-electron chi connectivity index (χ4n) is 2.64. The highest BCUT2D eigenvalue weighted by Gasteiger charge is 2.32. The van der Waals surface area contributed by atoms with Crippen LogP contribution in [0.4, 0.5) is 0 Å². The van der Waals surface area contributed by atoms with Gasteiger partial charge in [-0.05, 0) is 48.3 Å². The molecule has 1 saturated carbocycles. The lowest BCUT2D eigenvalue weighted by atomic mass is 9.85. The minimum absolute atomic E-state index is 0.541. The second kappa shape index (κ2) is 4.70. The normalized spacial score (nSPS) is 28.9. The maximum atomic E-state index is 8.76. The SMILES string of the molecule is [CH2]CC1C[CH]C(c2ccc(C#N)cc2)C1C. The average Bonchev–Trinajstić information content (AvgIpc) is 2.70. The fourth-order valence-corrected chi connectivity index (χ4v) is 2.64. The van der Waals surface area contributed by atoms with Gasteiger partial charge in [-0.2, -0.15) is 5.26 Å². The molecule has 2 radical (unpaired) electrons. The largest absolute Gasteiger partial charge is 0.192 e. The summed E-state index contributed by atoms with van der Waals surface area (Å²) in [5.41, 5.74) is 2.07. The van der Waals surface area contributed by atoms with E-state index in [0.717, 1.165) is 17.9 Å². The number of benzene rings is 1. The second-order valence-corrected chi connectivity index (χ2v) is 4.64. The van der Waals surface area contributed by atoms with Crippen LogP contribution in [0, 0.1) is 36.5 Å². The minimum Gasteiger partial charge on any atom is -0.192 e. The molecule has 1 heteroatoms. The molecule has 3 atom stereocenters. The summed E-state index contributed by atoms with van der Waals surface area (Å²) in [7, 11) is 0. The number of nitriles is 1. The average molecular weight is 211 g/mol. The first-order chi connectivity index (χ1) is 7.76. The zero-order valence-corrected chi connectivity index (χ0v) is 9.69. The van der Waals surface area contributed by atoms with Crippen LogP contribution in [-0.4, -0.2) is 0 Å². The van der Waals surface area contributed by atoms with Gasteiger partial charge < -0.3 is 0 Å². The predicted octanol–water partition coefficient (Wildman–Crippen LogP) is 3.73. The summed E-state index contributed by atoms with van der Waals surface area (Å²) in [5.74, 6) is 1.94. The molecule has 0 spiro atoms. The van der Waals surface area contributed by atoms with E-state index in [1.165, 1.54) is 12.0 Å². The van der Waals surface area contributed by atoms with E-state index in [1.54, 1.807) is 0 Å². The van der Waals surface area contributed by atoms with E-state index >= 15 is 0 Å². The van der Waals surface area contributed by atoms with Crippen LogP contribution in [0.1, 0.15) is 36.8 Å². The monoisotopic (exact) mass is 211 g/mol. The highest BCUT2D eigenvalue weighted by Crippen LogP contribution is 2.43. The van der Waals surface area contributed by atoms with E-state index in [-0.39, 0.29) is 0 Å². The first-order valence-electron chi connectivity index (χ1n) is 5.89. The summed E-state index contributed by atoms with van der Waals surface area (Å²) < 4.78 is 0. The Morgan fingerprint density at radius 1 is 1.38 bits per heavy atom. The van der Waals surface area contributed by atoms with Gasteiger partial charge in [-0.25, -0.2) is 0 Å². The van der Waals surface area contributed by atoms with Gasteiger partial charge in [0.15, 0.2) is 0 Å². The summed E-state index contributed by atoms with van der Waals surface area (Å²) in [4.78, 5) is 0. The Balaban J connectivity index is 2.16. The van der Waals surface area contributed by atoms with Gasteiger partial charge in [-0.1, -0.05) is 32.4 Å². The van der Waals surface area contributed by atoms with Crippen molar-refractivity contribution in [2.75, 3.05) is 0 Å². The molecule has 0 bridgehead atoms. The Kier molecular flexibility index (Phi) is 3.29. The zero-order chi connectivity index (χ0) is 11.5. The predicted molar refractivity (Wildman–Crippen MR) is 65.4 cm³/mol. The summed E-state index contributed by atoms with van der Waals surface area (Å²) in [6.45, 7) is 6.32. The molecule has 16 heavy (non-hydrogen) atoms. The highest BCUT2D eigenvalue weighted by molar-refractivity contribution is 5.35. The van der Waals surface area contributed by atoms with Gasteiger partial charge in [-0.3, -0.25) is 0 Å². The third-order valence-electron chi connectivity index (χ3n) is 3.80. The molecule has 0 aromatic heterocycles. The lowest BCUT2D eigenvalue weighted by Crippen LogP contribution is -2.09. The van der Waals surface area contributed by atoms with Gasteiger partial charge in [0.2, 0.25) is 0 Å². The van der Waals surface area contributed by atoms with E-state index in [9.17, 15) is 0 Å². The molecule has 0 amide bonds. The van der Waals surface area contributed by atoms with Crippen molar-refractivity contribution >= 4 is 0 Å². The summed E-state index contributed by atoms with van der Waals surface area (Å²) in [6.07, 6.45) is 4.60. The molecule has 0 saturated heterocycles. The highest BCUT2D eigenvalue weighted by atomic mass is 14.4. The van der Waals surface area contributed by atoms with Crippen LogP contribution in [0.25, 0.3) is 0 Å². The molecular formula is C15H17N. The summed E-state index contributed by atoms with van der Waals surface area (Å²) in [5, 5.41) is 8.76. The molecular weight excluding hydrogens is 194 g/mol. The molecule has 82 valence electrons. The zero-order valence-electron chi connectivity index (χ0n) is 9.69. The molecule has 2 rings (SSSR count). The fraction of sp³-hybridized carbons (Fsp3) is 0.400. The molecule has 0 heterocycles. The van der Waals surface area contributed by atoms with Crippen molar-refractivity contribution < 1.29 is 0 Å². The van der Waals surface area contributed by atoms with Crippen molar-refractivity contribution in [3.8, 4) is 6.07 Å². The number of nitrogens with zero attached hydrogens (tertiary/aromatic N) is 1. The van der Waals surface area contributed by atoms with E-state index in [4.69, 9.17) is 5.26 Å². The topological polar surface area (TPSA) is 23.8 Å². The van der Waals surface area contributed by atoms with E-state index in [1.807, 2.05) is 12.1 Å². The molecule has 1 aromatic carbocycles. The maximum absolute atomic E-state index is 8.76. The van der Waals surface area contributed by atoms with Gasteiger partial charge in [0.25, 0.3) is 0 Å². The molecule has 1 fully saturated rings. The van der Waals surface area contributed by atoms with Crippen molar-refractivity contribution in [1.82, 2.24) is 0 Å². The molecule has 1 aliphatic carbocycles. The summed E-state index contributed by atoms with van der Waals surface area (Å²) in [6, 6.07) is 10.1. The van der Waals surface area contributed by atoms with Gasteiger partial charge in [0.05, 0.1) is 11.6 Å². The molecule has 0 aliphatic heterocycles. The maximum Gasteiger partial charge on any atom is 0.0991 e. The Hall–Kier alpha value is -1.29. The van der Waals surface area contributed by atoms with E-state index in [2.05, 4.69) is 38.5 Å². The first kappa shape index (κ1) is 11.2. The van der Waals surface area contributed by atoms with Gasteiger partial charge in [-0.15, -0.1) is 0 Å². The molecule has 1 aliphatic rings. The third-order valence-corrected chi connectivity index (χ3v) is 3.80. The van der Waals surface area contributed by atoms with Gasteiger partial charge in [0, 0.05) is 0 Å². The standard InChI is InChI=1S/C15H17N/c1-3-13-8-9-15(11(13)2)14-6-4-12(10-16)5-7-14/h4-7,9,11,13,15H,1,3,8H2,2H3. The van der Waals surface area contributed by atoms with Gasteiger partial charge in [0.1, 0.15) is 0 Å². The lowest BCUT2D eigenvalue weighted by molar-refractivity contribution is 0.396. The molecule has 3 unspecified atom stereocenters. The Labute approximate surface area is 98.1 Å². The summed E-state index contributed by atoms with van der Waals surface area (Å²) >= 11 is 0. The van der Waals surface area contributed by atoms with Crippen LogP contribution in [0.5, 0.6) is 0 Å². The first-order valence-corrected chi connectivity index (χ1v) is 5.89. The Morgan fingerprint density at radius 3 is 2.56 bits per heavy atom. The van der Waals surface area contributed by atoms with E-state index in [0.29, 0.717) is 11.8 Å². The quantitative estimate of drug-likeness (QED) is 0.731. The third kappa shape index (κ3) is 1.97.